The van der Waals surface area contributed by atoms with E-state index in [0.717, 1.165) is 16.5 Å². The first kappa shape index (κ1) is 19.4. The van der Waals surface area contributed by atoms with Crippen molar-refractivity contribution >= 4 is 35.4 Å². The largest absolute Gasteiger partial charge is 0.463 e. The van der Waals surface area contributed by atoms with Crippen molar-refractivity contribution in [2.24, 2.45) is 7.05 Å². The minimum Gasteiger partial charge on any atom is -0.463 e. The standard InChI is InChI=1S/C17H19N5O3S2/c1-3-25-15(24)10-14-22(13(23)11-27-14)8-9-26-17-20-19-16(21(17)2)12-4-6-18-7-5-12/h4-7,10H,3,8-9,11H2,1-2H3/b14-10-. The molecule has 10 heteroatoms. The van der Waals surface area contributed by atoms with Gasteiger partial charge in [0.2, 0.25) is 5.91 Å². The molecule has 0 spiro atoms. The second-order valence-electron chi connectivity index (χ2n) is 5.52. The number of esters is 1. The summed E-state index contributed by atoms with van der Waals surface area (Å²) in [5.41, 5.74) is 0.942. The van der Waals surface area contributed by atoms with Crippen LogP contribution in [0, 0.1) is 0 Å². The van der Waals surface area contributed by atoms with Gasteiger partial charge in [0.25, 0.3) is 0 Å². The Morgan fingerprint density at radius 1 is 1.37 bits per heavy atom. The van der Waals surface area contributed by atoms with Gasteiger partial charge in [-0.25, -0.2) is 4.79 Å². The minimum atomic E-state index is -0.428. The van der Waals surface area contributed by atoms with E-state index in [0.29, 0.717) is 29.7 Å². The highest BCUT2D eigenvalue weighted by Crippen LogP contribution is 2.30. The molecule has 1 aliphatic heterocycles. The Hall–Kier alpha value is -2.33. The quantitative estimate of drug-likeness (QED) is 0.392. The van der Waals surface area contributed by atoms with Gasteiger partial charge >= 0.3 is 5.97 Å². The number of aromatic nitrogens is 4. The Bertz CT molecular complexity index is 854. The van der Waals surface area contributed by atoms with E-state index in [-0.39, 0.29) is 5.91 Å². The molecule has 1 amide bonds. The Kier molecular flexibility index (Phi) is 6.51. The van der Waals surface area contributed by atoms with Crippen molar-refractivity contribution in [2.75, 3.05) is 24.7 Å². The number of rotatable bonds is 7. The van der Waals surface area contributed by atoms with Crippen molar-refractivity contribution in [1.29, 1.82) is 0 Å². The first-order valence-electron chi connectivity index (χ1n) is 8.34. The molecule has 0 aromatic carbocycles. The summed E-state index contributed by atoms with van der Waals surface area (Å²) >= 11 is 2.86. The van der Waals surface area contributed by atoms with Crippen molar-refractivity contribution in [3.63, 3.8) is 0 Å². The molecule has 0 radical (unpaired) electrons. The zero-order chi connectivity index (χ0) is 19.2. The van der Waals surface area contributed by atoms with Crippen LogP contribution in [-0.4, -0.2) is 61.2 Å². The second-order valence-corrected chi connectivity index (χ2v) is 7.58. The zero-order valence-corrected chi connectivity index (χ0v) is 16.6. The third-order valence-corrected chi connectivity index (χ3v) is 5.78. The molecule has 0 aliphatic carbocycles. The molecule has 3 heterocycles. The molecule has 0 unspecified atom stereocenters. The van der Waals surface area contributed by atoms with Crippen molar-refractivity contribution < 1.29 is 14.3 Å². The van der Waals surface area contributed by atoms with Gasteiger partial charge in [-0.15, -0.1) is 10.2 Å². The molecule has 0 saturated carbocycles. The van der Waals surface area contributed by atoms with Gasteiger partial charge < -0.3 is 14.2 Å². The van der Waals surface area contributed by atoms with Crippen molar-refractivity contribution in [3.05, 3.63) is 35.6 Å². The Morgan fingerprint density at radius 3 is 2.89 bits per heavy atom. The molecule has 1 fully saturated rings. The molecule has 0 N–H and O–H groups in total. The van der Waals surface area contributed by atoms with Crippen molar-refractivity contribution in [1.82, 2.24) is 24.6 Å². The minimum absolute atomic E-state index is 0.00779. The summed E-state index contributed by atoms with van der Waals surface area (Å²) in [4.78, 5) is 29.4. The van der Waals surface area contributed by atoms with Gasteiger partial charge in [0, 0.05) is 37.3 Å². The molecule has 8 nitrogen and oxygen atoms in total. The van der Waals surface area contributed by atoms with Crippen LogP contribution in [0.5, 0.6) is 0 Å². The number of carbonyl (C=O) groups excluding carboxylic acids is 2. The van der Waals surface area contributed by atoms with Crippen LogP contribution < -0.4 is 0 Å². The van der Waals surface area contributed by atoms with Crippen LogP contribution in [-0.2, 0) is 21.4 Å². The van der Waals surface area contributed by atoms with Gasteiger partial charge in [0.15, 0.2) is 11.0 Å². The van der Waals surface area contributed by atoms with E-state index in [1.807, 2.05) is 23.7 Å². The average molecular weight is 406 g/mol. The highest BCUT2D eigenvalue weighted by atomic mass is 32.2. The van der Waals surface area contributed by atoms with Crippen LogP contribution >= 0.6 is 23.5 Å². The summed E-state index contributed by atoms with van der Waals surface area (Å²) < 4.78 is 6.84. The smallest absolute Gasteiger partial charge is 0.333 e. The van der Waals surface area contributed by atoms with Gasteiger partial charge in [-0.2, -0.15) is 0 Å². The number of thioether (sulfide) groups is 2. The normalized spacial score (nSPS) is 15.6. The third kappa shape index (κ3) is 4.69. The number of ether oxygens (including phenoxy) is 1. The molecule has 3 rings (SSSR count). The lowest BCUT2D eigenvalue weighted by atomic mass is 10.2. The van der Waals surface area contributed by atoms with E-state index in [1.165, 1.54) is 29.6 Å². The van der Waals surface area contributed by atoms with E-state index in [2.05, 4.69) is 15.2 Å². The number of carbonyl (C=O) groups is 2. The topological polar surface area (TPSA) is 90.2 Å². The Morgan fingerprint density at radius 2 is 2.15 bits per heavy atom. The van der Waals surface area contributed by atoms with Crippen molar-refractivity contribution in [2.45, 2.75) is 12.1 Å². The SMILES string of the molecule is CCOC(=O)/C=C1\SCC(=O)N1CCSc1nnc(-c2ccncc2)n1C. The van der Waals surface area contributed by atoms with E-state index in [9.17, 15) is 9.59 Å². The number of nitrogens with zero attached hydrogens (tertiary/aromatic N) is 5. The van der Waals surface area contributed by atoms with E-state index in [4.69, 9.17) is 4.74 Å². The van der Waals surface area contributed by atoms with Crippen LogP contribution in [0.15, 0.2) is 40.8 Å². The van der Waals surface area contributed by atoms with Gasteiger partial charge in [-0.05, 0) is 19.1 Å². The van der Waals surface area contributed by atoms with Gasteiger partial charge in [0.1, 0.15) is 0 Å². The second kappa shape index (κ2) is 9.05. The predicted molar refractivity (Wildman–Crippen MR) is 104 cm³/mol. The first-order valence-corrected chi connectivity index (χ1v) is 10.3. The van der Waals surface area contributed by atoms with Crippen LogP contribution in [0.2, 0.25) is 0 Å². The van der Waals surface area contributed by atoms with Crippen molar-refractivity contribution in [3.8, 4) is 11.4 Å². The molecular weight excluding hydrogens is 386 g/mol. The third-order valence-electron chi connectivity index (χ3n) is 3.76. The van der Waals surface area contributed by atoms with E-state index >= 15 is 0 Å². The molecule has 1 aliphatic rings. The summed E-state index contributed by atoms with van der Waals surface area (Å²) in [5.74, 6) is 1.30. The zero-order valence-electron chi connectivity index (χ0n) is 15.0. The van der Waals surface area contributed by atoms with Crippen LogP contribution in [0.25, 0.3) is 11.4 Å². The van der Waals surface area contributed by atoms with E-state index in [1.54, 1.807) is 24.2 Å². The molecule has 0 bridgehead atoms. The maximum absolute atomic E-state index is 12.1. The predicted octanol–water partition coefficient (Wildman–Crippen LogP) is 1.95. The Balaban J connectivity index is 1.61. The molecule has 27 heavy (non-hydrogen) atoms. The number of hydrogen-bond donors (Lipinski definition) is 0. The summed E-state index contributed by atoms with van der Waals surface area (Å²) in [5, 5.41) is 9.85. The fourth-order valence-electron chi connectivity index (χ4n) is 2.47. The lowest BCUT2D eigenvalue weighted by Gasteiger charge is -2.16. The lowest BCUT2D eigenvalue weighted by molar-refractivity contribution is -0.137. The van der Waals surface area contributed by atoms with Gasteiger partial charge in [-0.1, -0.05) is 23.5 Å². The average Bonchev–Trinajstić information content (AvgIpc) is 3.20. The summed E-state index contributed by atoms with van der Waals surface area (Å²) in [6.07, 6.45) is 4.81. The Labute approximate surface area is 165 Å². The maximum Gasteiger partial charge on any atom is 0.333 e. The number of amides is 1. The summed E-state index contributed by atoms with van der Waals surface area (Å²) in [6, 6.07) is 3.76. The molecule has 0 atom stereocenters. The lowest BCUT2D eigenvalue weighted by Crippen LogP contribution is -2.27. The first-order chi connectivity index (χ1) is 13.1. The van der Waals surface area contributed by atoms with Crippen LogP contribution in [0.3, 0.4) is 0 Å². The fraction of sp³-hybridized carbons (Fsp3) is 0.353. The highest BCUT2D eigenvalue weighted by molar-refractivity contribution is 8.04. The summed E-state index contributed by atoms with van der Waals surface area (Å²) in [7, 11) is 1.90. The van der Waals surface area contributed by atoms with Gasteiger partial charge in [0.05, 0.1) is 23.5 Å². The molecule has 142 valence electrons. The van der Waals surface area contributed by atoms with E-state index < -0.39 is 5.97 Å². The molecule has 2 aromatic heterocycles. The monoisotopic (exact) mass is 405 g/mol. The fourth-order valence-corrected chi connectivity index (χ4v) is 4.27. The highest BCUT2D eigenvalue weighted by Gasteiger charge is 2.27. The van der Waals surface area contributed by atoms with Gasteiger partial charge in [-0.3, -0.25) is 9.78 Å². The molecule has 2 aromatic rings. The molecule has 1 saturated heterocycles. The van der Waals surface area contributed by atoms with Crippen LogP contribution in [0.4, 0.5) is 0 Å². The number of pyridine rings is 1. The maximum atomic E-state index is 12.1. The number of hydrogen-bond acceptors (Lipinski definition) is 8. The van der Waals surface area contributed by atoms with Crippen LogP contribution in [0.1, 0.15) is 6.92 Å². The molecular formula is C17H19N5O3S2. The summed E-state index contributed by atoms with van der Waals surface area (Å²) in [6.45, 7) is 2.54.